The maximum Gasteiger partial charge on any atom is 0.336 e. The van der Waals surface area contributed by atoms with Gasteiger partial charge in [-0.2, -0.15) is 0 Å². The van der Waals surface area contributed by atoms with Gasteiger partial charge in [0.2, 0.25) is 0 Å². The summed E-state index contributed by atoms with van der Waals surface area (Å²) < 4.78 is 0. The van der Waals surface area contributed by atoms with E-state index in [2.05, 4.69) is 4.98 Å². The summed E-state index contributed by atoms with van der Waals surface area (Å²) >= 11 is 0. The molecular formula is C11H9NO2. The summed E-state index contributed by atoms with van der Waals surface area (Å²) in [5.41, 5.74) is 1.26. The van der Waals surface area contributed by atoms with Crippen LogP contribution in [0.3, 0.4) is 0 Å². The molecule has 1 aromatic carbocycles. The number of aromatic nitrogens is 1. The maximum atomic E-state index is 10.9. The molecular weight excluding hydrogens is 178 g/mol. The molecule has 1 aromatic heterocycles. The van der Waals surface area contributed by atoms with Crippen molar-refractivity contribution >= 4 is 16.7 Å². The zero-order chi connectivity index (χ0) is 10.1. The Morgan fingerprint density at radius 1 is 1.43 bits per heavy atom. The molecule has 0 saturated carbocycles. The highest BCUT2D eigenvalue weighted by Crippen LogP contribution is 2.19. The zero-order valence-corrected chi connectivity index (χ0v) is 7.69. The summed E-state index contributed by atoms with van der Waals surface area (Å²) in [6.45, 7) is 1.88. The molecule has 0 radical (unpaired) electrons. The molecule has 3 heteroatoms. The number of rotatable bonds is 1. The molecule has 2 rings (SSSR count). The Bertz CT molecular complexity index is 506. The zero-order valence-electron chi connectivity index (χ0n) is 7.69. The number of hydrogen-bond donors (Lipinski definition) is 1. The van der Waals surface area contributed by atoms with E-state index in [1.807, 2.05) is 19.1 Å². The van der Waals surface area contributed by atoms with Crippen molar-refractivity contribution in [2.45, 2.75) is 6.92 Å². The number of nitrogens with zero attached hydrogens (tertiary/aromatic N) is 1. The van der Waals surface area contributed by atoms with Crippen LogP contribution in [0, 0.1) is 6.92 Å². The number of hydrogen-bond acceptors (Lipinski definition) is 2. The number of pyridine rings is 1. The molecule has 0 aliphatic heterocycles. The number of carboxylic acid groups (broad SMARTS) is 1. The minimum absolute atomic E-state index is 0.313. The highest BCUT2D eigenvalue weighted by Gasteiger charge is 2.08. The van der Waals surface area contributed by atoms with Crippen LogP contribution in [0.5, 0.6) is 0 Å². The third-order valence-corrected chi connectivity index (χ3v) is 2.13. The van der Waals surface area contributed by atoms with Gasteiger partial charge in [0, 0.05) is 17.8 Å². The standard InChI is InChI=1S/C11H9NO2/c1-7-4-8-2-3-12-6-10(8)9(5-7)11(13)14/h2-6H,1H3,(H,13,14). The van der Waals surface area contributed by atoms with Crippen molar-refractivity contribution in [3.05, 3.63) is 41.7 Å². The smallest absolute Gasteiger partial charge is 0.336 e. The second-order valence-electron chi connectivity index (χ2n) is 3.21. The molecule has 0 amide bonds. The largest absolute Gasteiger partial charge is 0.478 e. The minimum atomic E-state index is -0.910. The van der Waals surface area contributed by atoms with E-state index in [0.29, 0.717) is 10.9 Å². The fourth-order valence-corrected chi connectivity index (χ4v) is 1.53. The molecule has 2 aromatic rings. The predicted octanol–water partition coefficient (Wildman–Crippen LogP) is 2.24. The monoisotopic (exact) mass is 187 g/mol. The molecule has 0 aliphatic rings. The summed E-state index contributed by atoms with van der Waals surface area (Å²) in [7, 11) is 0. The van der Waals surface area contributed by atoms with E-state index >= 15 is 0 Å². The van der Waals surface area contributed by atoms with E-state index in [1.165, 1.54) is 0 Å². The topological polar surface area (TPSA) is 50.2 Å². The van der Waals surface area contributed by atoms with Crippen molar-refractivity contribution in [1.82, 2.24) is 4.98 Å². The second kappa shape index (κ2) is 3.10. The summed E-state index contributed by atoms with van der Waals surface area (Å²) in [6, 6.07) is 5.42. The lowest BCUT2D eigenvalue weighted by Crippen LogP contribution is -1.98. The quantitative estimate of drug-likeness (QED) is 0.744. The Hall–Kier alpha value is -1.90. The third kappa shape index (κ3) is 1.33. The first-order chi connectivity index (χ1) is 6.68. The molecule has 0 unspecified atom stereocenters. The van der Waals surface area contributed by atoms with Gasteiger partial charge in [-0.1, -0.05) is 6.07 Å². The molecule has 3 nitrogen and oxygen atoms in total. The van der Waals surface area contributed by atoms with Gasteiger partial charge in [-0.3, -0.25) is 4.98 Å². The van der Waals surface area contributed by atoms with Crippen LogP contribution in [0.1, 0.15) is 15.9 Å². The first-order valence-electron chi connectivity index (χ1n) is 4.26. The van der Waals surface area contributed by atoms with Crippen LogP contribution in [0.15, 0.2) is 30.6 Å². The Kier molecular flexibility index (Phi) is 1.93. The van der Waals surface area contributed by atoms with E-state index in [4.69, 9.17) is 5.11 Å². The Morgan fingerprint density at radius 3 is 2.93 bits per heavy atom. The number of carbonyl (C=O) groups is 1. The molecule has 14 heavy (non-hydrogen) atoms. The van der Waals surface area contributed by atoms with Crippen molar-refractivity contribution in [2.75, 3.05) is 0 Å². The van der Waals surface area contributed by atoms with E-state index in [0.717, 1.165) is 10.9 Å². The predicted molar refractivity (Wildman–Crippen MR) is 53.4 cm³/mol. The molecule has 0 aliphatic carbocycles. The average molecular weight is 187 g/mol. The third-order valence-electron chi connectivity index (χ3n) is 2.13. The summed E-state index contributed by atoms with van der Waals surface area (Å²) in [6.07, 6.45) is 3.24. The van der Waals surface area contributed by atoms with Gasteiger partial charge in [-0.05, 0) is 30.0 Å². The lowest BCUT2D eigenvalue weighted by molar-refractivity contribution is 0.0699. The highest BCUT2D eigenvalue weighted by atomic mass is 16.4. The van der Waals surface area contributed by atoms with Gasteiger partial charge < -0.3 is 5.11 Å². The SMILES string of the molecule is Cc1cc(C(=O)O)c2cnccc2c1. The van der Waals surface area contributed by atoms with Crippen molar-refractivity contribution in [1.29, 1.82) is 0 Å². The van der Waals surface area contributed by atoms with Crippen molar-refractivity contribution in [2.24, 2.45) is 0 Å². The fraction of sp³-hybridized carbons (Fsp3) is 0.0909. The van der Waals surface area contributed by atoms with Gasteiger partial charge in [0.25, 0.3) is 0 Å². The highest BCUT2D eigenvalue weighted by molar-refractivity contribution is 6.03. The van der Waals surface area contributed by atoms with Gasteiger partial charge in [0.05, 0.1) is 5.56 Å². The molecule has 0 atom stereocenters. The van der Waals surface area contributed by atoms with Gasteiger partial charge in [-0.15, -0.1) is 0 Å². The van der Waals surface area contributed by atoms with Crippen LogP contribution in [0.2, 0.25) is 0 Å². The molecule has 0 saturated heterocycles. The number of benzene rings is 1. The van der Waals surface area contributed by atoms with Crippen LogP contribution >= 0.6 is 0 Å². The number of fused-ring (bicyclic) bond motifs is 1. The van der Waals surface area contributed by atoms with E-state index < -0.39 is 5.97 Å². The lowest BCUT2D eigenvalue weighted by atomic mass is 10.0. The molecule has 0 spiro atoms. The molecule has 0 fully saturated rings. The number of aryl methyl sites for hydroxylation is 1. The van der Waals surface area contributed by atoms with Crippen LogP contribution < -0.4 is 0 Å². The second-order valence-corrected chi connectivity index (χ2v) is 3.21. The first kappa shape index (κ1) is 8.69. The van der Waals surface area contributed by atoms with Crippen LogP contribution in [-0.2, 0) is 0 Å². The Balaban J connectivity index is 2.87. The van der Waals surface area contributed by atoms with Gasteiger partial charge in [-0.25, -0.2) is 4.79 Å². The fourth-order valence-electron chi connectivity index (χ4n) is 1.53. The summed E-state index contributed by atoms with van der Waals surface area (Å²) in [5.74, 6) is -0.910. The van der Waals surface area contributed by atoms with Crippen LogP contribution in [0.25, 0.3) is 10.8 Å². The van der Waals surface area contributed by atoms with E-state index in [9.17, 15) is 4.79 Å². The van der Waals surface area contributed by atoms with Crippen molar-refractivity contribution in [3.8, 4) is 0 Å². The van der Waals surface area contributed by atoms with Crippen molar-refractivity contribution in [3.63, 3.8) is 0 Å². The molecule has 1 heterocycles. The maximum absolute atomic E-state index is 10.9. The van der Waals surface area contributed by atoms with Gasteiger partial charge in [0.1, 0.15) is 0 Å². The number of carboxylic acids is 1. The normalized spacial score (nSPS) is 10.4. The summed E-state index contributed by atoms with van der Waals surface area (Å²) in [4.78, 5) is 14.9. The lowest BCUT2D eigenvalue weighted by Gasteiger charge is -2.03. The van der Waals surface area contributed by atoms with E-state index in [-0.39, 0.29) is 0 Å². The van der Waals surface area contributed by atoms with E-state index in [1.54, 1.807) is 18.5 Å². The van der Waals surface area contributed by atoms with Crippen LogP contribution in [0.4, 0.5) is 0 Å². The van der Waals surface area contributed by atoms with Gasteiger partial charge in [0.15, 0.2) is 0 Å². The Labute approximate surface area is 81.0 Å². The number of aromatic carboxylic acids is 1. The Morgan fingerprint density at radius 2 is 2.21 bits per heavy atom. The minimum Gasteiger partial charge on any atom is -0.478 e. The van der Waals surface area contributed by atoms with Crippen LogP contribution in [-0.4, -0.2) is 16.1 Å². The summed E-state index contributed by atoms with van der Waals surface area (Å²) in [5, 5.41) is 10.6. The average Bonchev–Trinajstić information content (AvgIpc) is 2.16. The molecule has 1 N–H and O–H groups in total. The van der Waals surface area contributed by atoms with Crippen molar-refractivity contribution < 1.29 is 9.90 Å². The molecule has 0 bridgehead atoms. The van der Waals surface area contributed by atoms with Gasteiger partial charge >= 0.3 is 5.97 Å². The molecule has 70 valence electrons. The first-order valence-corrected chi connectivity index (χ1v) is 4.26.